The van der Waals surface area contributed by atoms with Crippen molar-refractivity contribution in [1.82, 2.24) is 19.7 Å². The highest BCUT2D eigenvalue weighted by molar-refractivity contribution is 7.99. The summed E-state index contributed by atoms with van der Waals surface area (Å²) in [6.07, 6.45) is 2.82. The molecule has 0 atom stereocenters. The van der Waals surface area contributed by atoms with Crippen LogP contribution in [0.1, 0.15) is 10.4 Å². The molecule has 0 bridgehead atoms. The SMILES string of the molecule is Cn1c(Sc2cnccc2C(=O)O)n[nH]c1=O. The molecule has 0 unspecified atom stereocenters. The van der Waals surface area contributed by atoms with Gasteiger partial charge < -0.3 is 5.11 Å². The van der Waals surface area contributed by atoms with E-state index in [1.165, 1.54) is 23.0 Å². The summed E-state index contributed by atoms with van der Waals surface area (Å²) in [7, 11) is 1.55. The van der Waals surface area contributed by atoms with Gasteiger partial charge in [-0.15, -0.1) is 5.10 Å². The lowest BCUT2D eigenvalue weighted by Gasteiger charge is -2.03. The monoisotopic (exact) mass is 252 g/mol. The molecule has 2 rings (SSSR count). The zero-order valence-electron chi connectivity index (χ0n) is 8.75. The van der Waals surface area contributed by atoms with Crippen LogP contribution in [0.5, 0.6) is 0 Å². The van der Waals surface area contributed by atoms with E-state index >= 15 is 0 Å². The van der Waals surface area contributed by atoms with E-state index in [9.17, 15) is 9.59 Å². The van der Waals surface area contributed by atoms with Crippen molar-refractivity contribution in [2.75, 3.05) is 0 Å². The van der Waals surface area contributed by atoms with Gasteiger partial charge in [0.1, 0.15) is 0 Å². The van der Waals surface area contributed by atoms with Gasteiger partial charge in [0.2, 0.25) is 0 Å². The maximum Gasteiger partial charge on any atom is 0.343 e. The summed E-state index contributed by atoms with van der Waals surface area (Å²) in [6.45, 7) is 0. The zero-order chi connectivity index (χ0) is 12.4. The quantitative estimate of drug-likeness (QED) is 0.817. The van der Waals surface area contributed by atoms with Gasteiger partial charge in [-0.1, -0.05) is 0 Å². The molecule has 88 valence electrons. The Kier molecular flexibility index (Phi) is 2.96. The number of hydrogen-bond donors (Lipinski definition) is 2. The van der Waals surface area contributed by atoms with Crippen molar-refractivity contribution >= 4 is 17.7 Å². The minimum absolute atomic E-state index is 0.125. The van der Waals surface area contributed by atoms with E-state index < -0.39 is 5.97 Å². The van der Waals surface area contributed by atoms with E-state index in [-0.39, 0.29) is 11.3 Å². The summed E-state index contributed by atoms with van der Waals surface area (Å²) in [5.41, 5.74) is -0.228. The van der Waals surface area contributed by atoms with Gasteiger partial charge in [0, 0.05) is 24.3 Å². The van der Waals surface area contributed by atoms with Crippen molar-refractivity contribution < 1.29 is 9.90 Å². The summed E-state index contributed by atoms with van der Waals surface area (Å²) in [5.74, 6) is -1.05. The number of aromatic nitrogens is 4. The van der Waals surface area contributed by atoms with E-state index in [4.69, 9.17) is 5.11 Å². The van der Waals surface area contributed by atoms with Gasteiger partial charge in [-0.05, 0) is 17.8 Å². The second kappa shape index (κ2) is 4.42. The average Bonchev–Trinajstić information content (AvgIpc) is 2.61. The Hall–Kier alpha value is -2.09. The van der Waals surface area contributed by atoms with Crippen molar-refractivity contribution in [3.8, 4) is 0 Å². The van der Waals surface area contributed by atoms with Crippen LogP contribution in [0.25, 0.3) is 0 Å². The Labute approximate surface area is 99.5 Å². The van der Waals surface area contributed by atoms with Crippen LogP contribution >= 0.6 is 11.8 Å². The maximum atomic E-state index is 11.1. The van der Waals surface area contributed by atoms with Crippen LogP contribution in [0.4, 0.5) is 0 Å². The molecule has 0 aliphatic carbocycles. The number of rotatable bonds is 3. The Morgan fingerprint density at radius 3 is 2.94 bits per heavy atom. The molecule has 7 nitrogen and oxygen atoms in total. The summed E-state index contributed by atoms with van der Waals surface area (Å²) in [4.78, 5) is 26.4. The molecule has 0 amide bonds. The Balaban J connectivity index is 2.40. The minimum atomic E-state index is -1.05. The molecule has 0 saturated carbocycles. The first-order chi connectivity index (χ1) is 8.09. The fourth-order valence-electron chi connectivity index (χ4n) is 1.16. The molecule has 0 radical (unpaired) electrons. The van der Waals surface area contributed by atoms with Crippen molar-refractivity contribution in [1.29, 1.82) is 0 Å². The molecule has 2 aromatic rings. The van der Waals surface area contributed by atoms with Gasteiger partial charge in [0.25, 0.3) is 0 Å². The number of nitrogens with one attached hydrogen (secondary N) is 1. The molecular formula is C9H8N4O3S. The second-order valence-electron chi connectivity index (χ2n) is 3.15. The number of aromatic carboxylic acids is 1. The highest BCUT2D eigenvalue weighted by Gasteiger charge is 2.14. The van der Waals surface area contributed by atoms with Gasteiger partial charge in [-0.25, -0.2) is 14.7 Å². The van der Waals surface area contributed by atoms with Crippen molar-refractivity contribution in [2.24, 2.45) is 7.05 Å². The van der Waals surface area contributed by atoms with Crippen LogP contribution in [0, 0.1) is 0 Å². The predicted molar refractivity (Wildman–Crippen MR) is 59.1 cm³/mol. The largest absolute Gasteiger partial charge is 0.478 e. The number of carboxylic acid groups (broad SMARTS) is 1. The van der Waals surface area contributed by atoms with Crippen LogP contribution in [0.3, 0.4) is 0 Å². The topological polar surface area (TPSA) is 101 Å². The first kappa shape index (κ1) is 11.4. The Morgan fingerprint density at radius 2 is 2.35 bits per heavy atom. The molecule has 2 heterocycles. The summed E-state index contributed by atoms with van der Waals surface area (Å²) >= 11 is 1.07. The fraction of sp³-hybridized carbons (Fsp3) is 0.111. The van der Waals surface area contributed by atoms with Crippen LogP contribution in [0.15, 0.2) is 33.3 Å². The highest BCUT2D eigenvalue weighted by Crippen LogP contribution is 2.27. The molecule has 2 N–H and O–H groups in total. The standard InChI is InChI=1S/C9H8N4O3S/c1-13-8(16)11-12-9(13)17-6-4-10-3-2-5(6)7(14)15/h2-4H,1H3,(H,11,16)(H,14,15). The molecule has 0 saturated heterocycles. The summed E-state index contributed by atoms with van der Waals surface area (Å²) in [6, 6.07) is 1.40. The third-order valence-corrected chi connectivity index (χ3v) is 3.15. The summed E-state index contributed by atoms with van der Waals surface area (Å²) in [5, 5.41) is 15.4. The lowest BCUT2D eigenvalue weighted by molar-refractivity contribution is 0.0693. The molecule has 2 aromatic heterocycles. The van der Waals surface area contributed by atoms with E-state index in [2.05, 4.69) is 15.2 Å². The van der Waals surface area contributed by atoms with Gasteiger partial charge in [-0.2, -0.15) is 0 Å². The van der Waals surface area contributed by atoms with Gasteiger partial charge in [0.05, 0.1) is 5.56 Å². The Morgan fingerprint density at radius 1 is 1.59 bits per heavy atom. The van der Waals surface area contributed by atoms with Crippen LogP contribution < -0.4 is 5.69 Å². The lowest BCUT2D eigenvalue weighted by atomic mass is 10.3. The Bertz CT molecular complexity index is 619. The third kappa shape index (κ3) is 2.21. The van der Waals surface area contributed by atoms with E-state index in [1.54, 1.807) is 7.05 Å². The summed E-state index contributed by atoms with van der Waals surface area (Å²) < 4.78 is 1.29. The van der Waals surface area contributed by atoms with Crippen LogP contribution in [-0.4, -0.2) is 30.8 Å². The number of hydrogen-bond acceptors (Lipinski definition) is 5. The number of pyridine rings is 1. The predicted octanol–water partition coefficient (Wildman–Crippen LogP) is 0.353. The maximum absolute atomic E-state index is 11.1. The van der Waals surface area contributed by atoms with Crippen LogP contribution in [-0.2, 0) is 7.05 Å². The number of carbonyl (C=O) groups is 1. The van der Waals surface area contributed by atoms with E-state index in [0.29, 0.717) is 10.1 Å². The first-order valence-corrected chi connectivity index (χ1v) is 5.38. The van der Waals surface area contributed by atoms with Gasteiger partial charge >= 0.3 is 11.7 Å². The fourth-order valence-corrected chi connectivity index (χ4v) is 2.05. The molecule has 0 aliphatic rings. The highest BCUT2D eigenvalue weighted by atomic mass is 32.2. The van der Waals surface area contributed by atoms with Crippen molar-refractivity contribution in [3.05, 3.63) is 34.5 Å². The van der Waals surface area contributed by atoms with Gasteiger partial charge in [0.15, 0.2) is 5.16 Å². The number of aromatic amines is 1. The molecule has 0 aliphatic heterocycles. The lowest BCUT2D eigenvalue weighted by Crippen LogP contribution is -2.12. The van der Waals surface area contributed by atoms with Crippen molar-refractivity contribution in [2.45, 2.75) is 10.1 Å². The van der Waals surface area contributed by atoms with Crippen LogP contribution in [0.2, 0.25) is 0 Å². The molecule has 8 heteroatoms. The van der Waals surface area contributed by atoms with Crippen molar-refractivity contribution in [3.63, 3.8) is 0 Å². The zero-order valence-corrected chi connectivity index (χ0v) is 9.56. The second-order valence-corrected chi connectivity index (χ2v) is 4.16. The molecule has 0 spiro atoms. The smallest absolute Gasteiger partial charge is 0.343 e. The number of nitrogens with zero attached hydrogens (tertiary/aromatic N) is 3. The number of H-pyrrole nitrogens is 1. The minimum Gasteiger partial charge on any atom is -0.478 e. The van der Waals surface area contributed by atoms with Gasteiger partial charge in [-0.3, -0.25) is 9.55 Å². The normalized spacial score (nSPS) is 10.4. The molecule has 17 heavy (non-hydrogen) atoms. The van der Waals surface area contributed by atoms with E-state index in [1.807, 2.05) is 0 Å². The number of carboxylic acids is 1. The average molecular weight is 252 g/mol. The molecule has 0 fully saturated rings. The third-order valence-electron chi connectivity index (χ3n) is 2.05. The first-order valence-electron chi connectivity index (χ1n) is 4.56. The molecule has 0 aromatic carbocycles. The molecular weight excluding hydrogens is 244 g/mol. The van der Waals surface area contributed by atoms with E-state index in [0.717, 1.165) is 11.8 Å².